The first-order chi connectivity index (χ1) is 18.8. The third-order valence-corrected chi connectivity index (χ3v) is 5.55. The van der Waals surface area contributed by atoms with E-state index in [0.29, 0.717) is 11.3 Å². The second-order valence-electron chi connectivity index (χ2n) is 8.96. The number of carboxylic acids is 5. The van der Waals surface area contributed by atoms with Gasteiger partial charge in [0.05, 0.1) is 32.7 Å². The van der Waals surface area contributed by atoms with Crippen molar-refractivity contribution >= 4 is 41.4 Å². The van der Waals surface area contributed by atoms with Gasteiger partial charge in [-0.15, -0.1) is 0 Å². The number of carboxylic acid groups (broad SMARTS) is 5. The van der Waals surface area contributed by atoms with Crippen molar-refractivity contribution in [2.24, 2.45) is 5.73 Å². The normalized spacial score (nSPS) is 11.9. The molecule has 1 aromatic rings. The van der Waals surface area contributed by atoms with Crippen LogP contribution < -0.4 is 11.1 Å². The highest BCUT2D eigenvalue weighted by Gasteiger charge is 2.27. The number of nitrogens with one attached hydrogen (secondary N) is 1. The van der Waals surface area contributed by atoms with Gasteiger partial charge in [0.1, 0.15) is 0 Å². The van der Waals surface area contributed by atoms with E-state index in [1.165, 1.54) is 9.80 Å². The monoisotopic (exact) mass is 569 g/mol. The summed E-state index contributed by atoms with van der Waals surface area (Å²) in [6.45, 7) is -3.25. The standard InChI is InChI=1S/C24H35N5O11/c25-6-5-19(30)26-17-3-1-16(2-4-17)9-18(29(14-23(37)38)15-24(39)40)10-27(11-20(31)32)7-8-28(12-21(33)34)13-22(35)36/h1-4,18H,5-15,25H2,(H,26,30)(H,31,32)(H,33,34)(H,35,36)(H,37,38)(H,39,40)/t18-/m1/s1. The zero-order chi connectivity index (χ0) is 30.2. The van der Waals surface area contributed by atoms with Crippen LogP contribution in [0.2, 0.25) is 0 Å². The lowest BCUT2D eigenvalue weighted by molar-refractivity contribution is -0.144. The number of carbonyl (C=O) groups is 6. The van der Waals surface area contributed by atoms with Gasteiger partial charge in [0, 0.05) is 44.3 Å². The van der Waals surface area contributed by atoms with Gasteiger partial charge in [-0.05, 0) is 24.1 Å². The van der Waals surface area contributed by atoms with Gasteiger partial charge < -0.3 is 36.6 Å². The molecular formula is C24H35N5O11. The summed E-state index contributed by atoms with van der Waals surface area (Å²) >= 11 is 0. The molecule has 40 heavy (non-hydrogen) atoms. The highest BCUT2D eigenvalue weighted by atomic mass is 16.4. The van der Waals surface area contributed by atoms with Crippen LogP contribution in [-0.4, -0.2) is 141 Å². The van der Waals surface area contributed by atoms with Crippen molar-refractivity contribution in [3.8, 4) is 0 Å². The van der Waals surface area contributed by atoms with Crippen LogP contribution in [0.25, 0.3) is 0 Å². The minimum atomic E-state index is -1.30. The van der Waals surface area contributed by atoms with Crippen LogP contribution in [0.1, 0.15) is 12.0 Å². The molecule has 1 amide bonds. The van der Waals surface area contributed by atoms with E-state index >= 15 is 0 Å². The van der Waals surface area contributed by atoms with E-state index in [1.54, 1.807) is 24.3 Å². The fourth-order valence-electron chi connectivity index (χ4n) is 3.93. The summed E-state index contributed by atoms with van der Waals surface area (Å²) in [5.41, 5.74) is 6.48. The molecule has 1 atom stereocenters. The molecule has 16 heteroatoms. The number of amides is 1. The minimum Gasteiger partial charge on any atom is -0.480 e. The van der Waals surface area contributed by atoms with Gasteiger partial charge in [0.25, 0.3) is 0 Å². The predicted octanol–water partition coefficient (Wildman–Crippen LogP) is -1.79. The molecule has 1 aromatic carbocycles. The number of aliphatic carboxylic acids is 5. The largest absolute Gasteiger partial charge is 0.480 e. The number of anilines is 1. The minimum absolute atomic E-state index is 0.0938. The third-order valence-electron chi connectivity index (χ3n) is 5.55. The molecule has 0 fully saturated rings. The number of rotatable bonds is 21. The fourth-order valence-corrected chi connectivity index (χ4v) is 3.93. The van der Waals surface area contributed by atoms with Crippen molar-refractivity contribution in [1.82, 2.24) is 14.7 Å². The summed E-state index contributed by atoms with van der Waals surface area (Å²) in [6.07, 6.45) is 0.223. The summed E-state index contributed by atoms with van der Waals surface area (Å²) in [6, 6.07) is 5.67. The Bertz CT molecular complexity index is 1000. The topological polar surface area (TPSA) is 251 Å². The average Bonchev–Trinajstić information content (AvgIpc) is 2.81. The van der Waals surface area contributed by atoms with Crippen molar-refractivity contribution in [1.29, 1.82) is 0 Å². The smallest absolute Gasteiger partial charge is 0.317 e. The van der Waals surface area contributed by atoms with E-state index in [4.69, 9.17) is 15.9 Å². The first-order valence-electron chi connectivity index (χ1n) is 12.2. The number of hydrogen-bond donors (Lipinski definition) is 7. The van der Waals surface area contributed by atoms with Crippen LogP contribution in [0.4, 0.5) is 5.69 Å². The molecule has 0 saturated carbocycles. The van der Waals surface area contributed by atoms with Gasteiger partial charge in [-0.25, -0.2) is 0 Å². The molecule has 0 aromatic heterocycles. The van der Waals surface area contributed by atoms with Crippen LogP contribution >= 0.6 is 0 Å². The Kier molecular flexibility index (Phi) is 14.8. The molecule has 0 aliphatic carbocycles. The van der Waals surface area contributed by atoms with Gasteiger partial charge in [0.15, 0.2) is 0 Å². The van der Waals surface area contributed by atoms with Crippen LogP contribution in [0.15, 0.2) is 24.3 Å². The summed E-state index contributed by atoms with van der Waals surface area (Å²) in [5, 5.41) is 49.0. The molecule has 0 spiro atoms. The quantitative estimate of drug-likeness (QED) is 0.0863. The number of nitrogens with two attached hydrogens (primary N) is 1. The van der Waals surface area contributed by atoms with E-state index in [1.807, 2.05) is 0 Å². The van der Waals surface area contributed by atoms with Crippen molar-refractivity contribution in [2.75, 3.05) is 64.2 Å². The van der Waals surface area contributed by atoms with Crippen molar-refractivity contribution in [3.05, 3.63) is 29.8 Å². The van der Waals surface area contributed by atoms with Crippen LogP contribution in [-0.2, 0) is 35.2 Å². The molecule has 0 bridgehead atoms. The fraction of sp³-hybridized carbons (Fsp3) is 0.500. The third kappa shape index (κ3) is 14.7. The summed E-state index contributed by atoms with van der Waals surface area (Å²) in [7, 11) is 0. The van der Waals surface area contributed by atoms with E-state index < -0.39 is 68.6 Å². The number of benzene rings is 1. The second kappa shape index (κ2) is 17.5. The molecule has 0 saturated heterocycles. The Labute approximate surface area is 229 Å². The van der Waals surface area contributed by atoms with Gasteiger partial charge in [-0.2, -0.15) is 0 Å². The average molecular weight is 570 g/mol. The first kappa shape index (κ1) is 33.9. The number of nitrogens with zero attached hydrogens (tertiary/aromatic N) is 3. The Morgan fingerprint density at radius 2 is 1.15 bits per heavy atom. The molecule has 0 radical (unpaired) electrons. The maximum Gasteiger partial charge on any atom is 0.317 e. The molecule has 0 heterocycles. The Balaban J connectivity index is 3.22. The van der Waals surface area contributed by atoms with Gasteiger partial charge in [0.2, 0.25) is 5.91 Å². The van der Waals surface area contributed by atoms with Gasteiger partial charge in [-0.3, -0.25) is 43.5 Å². The van der Waals surface area contributed by atoms with Gasteiger partial charge in [-0.1, -0.05) is 12.1 Å². The second-order valence-corrected chi connectivity index (χ2v) is 8.96. The maximum absolute atomic E-state index is 11.8. The summed E-state index contributed by atoms with van der Waals surface area (Å²) in [5.74, 6) is -6.69. The van der Waals surface area contributed by atoms with Crippen molar-refractivity contribution in [3.63, 3.8) is 0 Å². The van der Waals surface area contributed by atoms with Crippen LogP contribution in [0, 0.1) is 0 Å². The highest BCUT2D eigenvalue weighted by molar-refractivity contribution is 5.90. The summed E-state index contributed by atoms with van der Waals surface area (Å²) < 4.78 is 0. The number of carbonyl (C=O) groups excluding carboxylic acids is 1. The van der Waals surface area contributed by atoms with Crippen molar-refractivity contribution in [2.45, 2.75) is 18.9 Å². The lowest BCUT2D eigenvalue weighted by Crippen LogP contribution is -2.51. The van der Waals surface area contributed by atoms with Gasteiger partial charge >= 0.3 is 29.8 Å². The van der Waals surface area contributed by atoms with E-state index in [-0.39, 0.29) is 44.9 Å². The molecule has 0 aliphatic heterocycles. The van der Waals surface area contributed by atoms with Crippen LogP contribution in [0.5, 0.6) is 0 Å². The SMILES string of the molecule is NCCC(=O)Nc1ccc(C[C@H](CN(CCN(CC(=O)O)CC(=O)O)CC(=O)O)N(CC(=O)O)CC(=O)O)cc1. The maximum atomic E-state index is 11.8. The first-order valence-corrected chi connectivity index (χ1v) is 12.2. The lowest BCUT2D eigenvalue weighted by Gasteiger charge is -2.34. The highest BCUT2D eigenvalue weighted by Crippen LogP contribution is 2.15. The van der Waals surface area contributed by atoms with E-state index in [0.717, 1.165) is 4.90 Å². The van der Waals surface area contributed by atoms with E-state index in [9.17, 15) is 44.1 Å². The Morgan fingerprint density at radius 3 is 1.60 bits per heavy atom. The molecule has 0 unspecified atom stereocenters. The predicted molar refractivity (Wildman–Crippen MR) is 139 cm³/mol. The van der Waals surface area contributed by atoms with Crippen LogP contribution in [0.3, 0.4) is 0 Å². The molecule has 1 rings (SSSR count). The zero-order valence-electron chi connectivity index (χ0n) is 21.8. The van der Waals surface area contributed by atoms with E-state index in [2.05, 4.69) is 5.32 Å². The Hall–Kier alpha value is -4.12. The molecular weight excluding hydrogens is 534 g/mol. The Morgan fingerprint density at radius 1 is 0.700 bits per heavy atom. The number of hydrogen-bond acceptors (Lipinski definition) is 10. The molecule has 8 N–H and O–H groups in total. The summed E-state index contributed by atoms with van der Waals surface area (Å²) in [4.78, 5) is 72.2. The molecule has 222 valence electrons. The zero-order valence-corrected chi connectivity index (χ0v) is 21.8. The molecule has 16 nitrogen and oxygen atoms in total. The van der Waals surface area contributed by atoms with Crippen molar-refractivity contribution < 1.29 is 54.3 Å². The molecule has 0 aliphatic rings. The lowest BCUT2D eigenvalue weighted by atomic mass is 10.0.